The Morgan fingerprint density at radius 2 is 2.19 bits per heavy atom. The minimum Gasteiger partial charge on any atom is -0.380 e. The zero-order valence-corrected chi connectivity index (χ0v) is 12.6. The van der Waals surface area contributed by atoms with Crippen molar-refractivity contribution in [3.63, 3.8) is 0 Å². The van der Waals surface area contributed by atoms with Crippen LogP contribution in [0.1, 0.15) is 36.2 Å². The van der Waals surface area contributed by atoms with Crippen molar-refractivity contribution < 1.29 is 14.3 Å². The van der Waals surface area contributed by atoms with Crippen LogP contribution in [0.3, 0.4) is 0 Å². The number of nitrogens with one attached hydrogen (secondary N) is 2. The highest BCUT2D eigenvalue weighted by Gasteiger charge is 2.18. The van der Waals surface area contributed by atoms with Gasteiger partial charge in [0.25, 0.3) is 5.91 Å². The minimum absolute atomic E-state index is 0.0267. The standard InChI is InChI=1S/C16H22N2O3/c1-11(2)5-7-21-8-6-17-16(20)13-4-3-12-10-15(19)18-14(12)9-13/h3-4,9,11H,5-8,10H2,1-2H3,(H,17,20)(H,18,19). The Balaban J connectivity index is 1.74. The second kappa shape index (κ2) is 7.22. The molecule has 0 atom stereocenters. The second-order valence-electron chi connectivity index (χ2n) is 5.65. The lowest BCUT2D eigenvalue weighted by Gasteiger charge is -2.08. The van der Waals surface area contributed by atoms with Crippen molar-refractivity contribution >= 4 is 17.5 Å². The van der Waals surface area contributed by atoms with E-state index in [2.05, 4.69) is 24.5 Å². The average Bonchev–Trinajstić information content (AvgIpc) is 2.81. The van der Waals surface area contributed by atoms with Crippen LogP contribution in [0.5, 0.6) is 0 Å². The number of carbonyl (C=O) groups excluding carboxylic acids is 2. The summed E-state index contributed by atoms with van der Waals surface area (Å²) in [4.78, 5) is 23.3. The van der Waals surface area contributed by atoms with E-state index in [1.165, 1.54) is 0 Å². The molecule has 1 aliphatic rings. The topological polar surface area (TPSA) is 67.4 Å². The molecule has 0 aliphatic carbocycles. The van der Waals surface area contributed by atoms with Crippen LogP contribution < -0.4 is 10.6 Å². The maximum Gasteiger partial charge on any atom is 0.251 e. The van der Waals surface area contributed by atoms with Gasteiger partial charge in [0.1, 0.15) is 0 Å². The molecule has 0 saturated carbocycles. The van der Waals surface area contributed by atoms with Crippen molar-refractivity contribution in [2.45, 2.75) is 26.7 Å². The Bertz CT molecular complexity index is 526. The van der Waals surface area contributed by atoms with E-state index in [1.807, 2.05) is 6.07 Å². The van der Waals surface area contributed by atoms with Gasteiger partial charge in [-0.1, -0.05) is 19.9 Å². The summed E-state index contributed by atoms with van der Waals surface area (Å²) in [7, 11) is 0. The number of amides is 2. The van der Waals surface area contributed by atoms with Crippen LogP contribution in [-0.2, 0) is 16.0 Å². The molecular weight excluding hydrogens is 268 g/mol. The molecular formula is C16H22N2O3. The third-order valence-electron chi connectivity index (χ3n) is 3.37. The van der Waals surface area contributed by atoms with E-state index in [-0.39, 0.29) is 11.8 Å². The SMILES string of the molecule is CC(C)CCOCCNC(=O)c1ccc2c(c1)NC(=O)C2. The number of rotatable bonds is 7. The quantitative estimate of drug-likeness (QED) is 0.754. The molecule has 0 saturated heterocycles. The van der Waals surface area contributed by atoms with E-state index in [0.717, 1.165) is 24.3 Å². The van der Waals surface area contributed by atoms with Gasteiger partial charge in [0.2, 0.25) is 5.91 Å². The molecule has 21 heavy (non-hydrogen) atoms. The number of ether oxygens (including phenoxy) is 1. The molecule has 0 fully saturated rings. The highest BCUT2D eigenvalue weighted by Crippen LogP contribution is 2.23. The molecule has 0 aromatic heterocycles. The normalized spacial score (nSPS) is 13.2. The Morgan fingerprint density at radius 3 is 2.95 bits per heavy atom. The van der Waals surface area contributed by atoms with Crippen molar-refractivity contribution in [2.75, 3.05) is 25.1 Å². The monoisotopic (exact) mass is 290 g/mol. The van der Waals surface area contributed by atoms with Gasteiger partial charge in [0.15, 0.2) is 0 Å². The van der Waals surface area contributed by atoms with E-state index < -0.39 is 0 Å². The van der Waals surface area contributed by atoms with Crippen LogP contribution in [-0.4, -0.2) is 31.6 Å². The maximum atomic E-state index is 12.0. The van der Waals surface area contributed by atoms with E-state index >= 15 is 0 Å². The Labute approximate surface area is 125 Å². The van der Waals surface area contributed by atoms with Gasteiger partial charge < -0.3 is 15.4 Å². The summed E-state index contributed by atoms with van der Waals surface area (Å²) in [6.07, 6.45) is 1.42. The fourth-order valence-electron chi connectivity index (χ4n) is 2.12. The molecule has 5 heteroatoms. The predicted octanol–water partition coefficient (Wildman–Crippen LogP) is 1.97. The summed E-state index contributed by atoms with van der Waals surface area (Å²) >= 11 is 0. The largest absolute Gasteiger partial charge is 0.380 e. The number of benzene rings is 1. The molecule has 2 amide bonds. The van der Waals surface area contributed by atoms with Crippen LogP contribution in [0.25, 0.3) is 0 Å². The van der Waals surface area contributed by atoms with E-state index in [0.29, 0.717) is 31.1 Å². The maximum absolute atomic E-state index is 12.0. The third kappa shape index (κ3) is 4.56. The van der Waals surface area contributed by atoms with Gasteiger partial charge in [-0.3, -0.25) is 9.59 Å². The lowest BCUT2D eigenvalue weighted by Crippen LogP contribution is -2.27. The average molecular weight is 290 g/mol. The summed E-state index contributed by atoms with van der Waals surface area (Å²) < 4.78 is 5.45. The summed E-state index contributed by atoms with van der Waals surface area (Å²) in [5.41, 5.74) is 2.23. The minimum atomic E-state index is -0.147. The Hall–Kier alpha value is -1.88. The number of hydrogen-bond donors (Lipinski definition) is 2. The van der Waals surface area contributed by atoms with Crippen molar-refractivity contribution in [3.8, 4) is 0 Å². The molecule has 0 unspecified atom stereocenters. The zero-order valence-electron chi connectivity index (χ0n) is 12.6. The first-order valence-corrected chi connectivity index (χ1v) is 7.35. The third-order valence-corrected chi connectivity index (χ3v) is 3.37. The predicted molar refractivity (Wildman–Crippen MR) is 81.4 cm³/mol. The van der Waals surface area contributed by atoms with Gasteiger partial charge in [0.05, 0.1) is 13.0 Å². The first-order chi connectivity index (χ1) is 10.1. The van der Waals surface area contributed by atoms with Crippen molar-refractivity contribution in [2.24, 2.45) is 5.92 Å². The molecule has 0 bridgehead atoms. The summed E-state index contributed by atoms with van der Waals surface area (Å²) in [5, 5.41) is 5.56. The van der Waals surface area contributed by atoms with Gasteiger partial charge in [-0.05, 0) is 30.0 Å². The fraction of sp³-hybridized carbons (Fsp3) is 0.500. The molecule has 114 valence electrons. The first kappa shape index (κ1) is 15.5. The van der Waals surface area contributed by atoms with Gasteiger partial charge in [-0.15, -0.1) is 0 Å². The molecule has 0 spiro atoms. The lowest BCUT2D eigenvalue weighted by molar-refractivity contribution is -0.115. The molecule has 1 aromatic carbocycles. The van der Waals surface area contributed by atoms with E-state index in [9.17, 15) is 9.59 Å². The molecule has 1 aromatic rings. The van der Waals surface area contributed by atoms with E-state index in [1.54, 1.807) is 12.1 Å². The van der Waals surface area contributed by atoms with Crippen LogP contribution in [0.4, 0.5) is 5.69 Å². The molecule has 0 radical (unpaired) electrons. The van der Waals surface area contributed by atoms with E-state index in [4.69, 9.17) is 4.74 Å². The van der Waals surface area contributed by atoms with Crippen molar-refractivity contribution in [1.82, 2.24) is 5.32 Å². The number of anilines is 1. The number of carbonyl (C=O) groups is 2. The number of fused-ring (bicyclic) bond motifs is 1. The second-order valence-corrected chi connectivity index (χ2v) is 5.65. The zero-order chi connectivity index (χ0) is 15.2. The number of hydrogen-bond acceptors (Lipinski definition) is 3. The highest BCUT2D eigenvalue weighted by atomic mass is 16.5. The van der Waals surface area contributed by atoms with Crippen LogP contribution >= 0.6 is 0 Å². The molecule has 1 aliphatic heterocycles. The fourth-order valence-corrected chi connectivity index (χ4v) is 2.12. The smallest absolute Gasteiger partial charge is 0.251 e. The van der Waals surface area contributed by atoms with Gasteiger partial charge >= 0.3 is 0 Å². The van der Waals surface area contributed by atoms with Crippen LogP contribution in [0.2, 0.25) is 0 Å². The van der Waals surface area contributed by atoms with Gasteiger partial charge in [-0.2, -0.15) is 0 Å². The van der Waals surface area contributed by atoms with Crippen LogP contribution in [0.15, 0.2) is 18.2 Å². The highest BCUT2D eigenvalue weighted by molar-refractivity contribution is 6.02. The van der Waals surface area contributed by atoms with Crippen LogP contribution in [0, 0.1) is 5.92 Å². The van der Waals surface area contributed by atoms with Gasteiger partial charge in [0, 0.05) is 24.4 Å². The summed E-state index contributed by atoms with van der Waals surface area (Å²) in [6, 6.07) is 5.28. The van der Waals surface area contributed by atoms with Gasteiger partial charge in [-0.25, -0.2) is 0 Å². The van der Waals surface area contributed by atoms with Crippen molar-refractivity contribution in [1.29, 1.82) is 0 Å². The summed E-state index contributed by atoms with van der Waals surface area (Å²) in [5.74, 6) is 0.453. The molecule has 2 rings (SSSR count). The molecule has 5 nitrogen and oxygen atoms in total. The Morgan fingerprint density at radius 1 is 1.38 bits per heavy atom. The molecule has 1 heterocycles. The Kier molecular flexibility index (Phi) is 5.33. The lowest BCUT2D eigenvalue weighted by atomic mass is 10.1. The molecule has 2 N–H and O–H groups in total. The first-order valence-electron chi connectivity index (χ1n) is 7.35. The summed E-state index contributed by atoms with van der Waals surface area (Å²) in [6.45, 7) is 6.02. The van der Waals surface area contributed by atoms with Crippen molar-refractivity contribution in [3.05, 3.63) is 29.3 Å².